The second-order valence-electron chi connectivity index (χ2n) is 4.62. The molecule has 1 saturated heterocycles. The summed E-state index contributed by atoms with van der Waals surface area (Å²) >= 11 is 0. The van der Waals surface area contributed by atoms with Crippen molar-refractivity contribution < 1.29 is 4.39 Å². The molecule has 0 spiro atoms. The Hall–Kier alpha value is -0.600. The molecule has 16 heavy (non-hydrogen) atoms. The van der Waals surface area contributed by atoms with Crippen LogP contribution < -0.4 is 5.32 Å². The normalized spacial score (nSPS) is 29.5. The number of hydrogen-bond acceptors (Lipinski definition) is 1. The predicted octanol–water partition coefficient (Wildman–Crippen LogP) is 3.13. The summed E-state index contributed by atoms with van der Waals surface area (Å²) in [6.07, 6.45) is 1.68. The molecule has 2 atom stereocenters. The molecule has 0 aliphatic carbocycles. The molecule has 2 rings (SSSR count). The molecule has 0 radical (unpaired) electrons. The van der Waals surface area contributed by atoms with Crippen LogP contribution in [0.5, 0.6) is 0 Å². The van der Waals surface area contributed by atoms with Crippen LogP contribution in [0.25, 0.3) is 0 Å². The summed E-state index contributed by atoms with van der Waals surface area (Å²) in [5, 5.41) is 3.32. The molecule has 1 fully saturated rings. The number of rotatable bonds is 2. The summed E-state index contributed by atoms with van der Waals surface area (Å²) in [5.41, 5.74) is 0.830. The van der Waals surface area contributed by atoms with Gasteiger partial charge in [-0.1, -0.05) is 30.3 Å². The first kappa shape index (κ1) is 13.5. The minimum atomic E-state index is -0.730. The molecule has 90 valence electrons. The summed E-state index contributed by atoms with van der Waals surface area (Å²) in [4.78, 5) is 0. The second kappa shape index (κ2) is 5.65. The standard InChI is InChI=1S/C13H18FN.ClH/c1-13(12(14)8-5-9-15-13)10-11-6-3-2-4-7-11;/h2-4,6-7,12,15H,5,8-10H2,1H3;1H. The van der Waals surface area contributed by atoms with Gasteiger partial charge in [-0.15, -0.1) is 12.4 Å². The number of nitrogens with one attached hydrogen (secondary N) is 1. The van der Waals surface area contributed by atoms with E-state index >= 15 is 0 Å². The summed E-state index contributed by atoms with van der Waals surface area (Å²) in [6, 6.07) is 10.1. The van der Waals surface area contributed by atoms with Gasteiger partial charge in [-0.3, -0.25) is 0 Å². The van der Waals surface area contributed by atoms with E-state index in [4.69, 9.17) is 0 Å². The first-order valence-corrected chi connectivity index (χ1v) is 5.64. The number of piperidine rings is 1. The van der Waals surface area contributed by atoms with Gasteiger partial charge in [0.05, 0.1) is 5.54 Å². The van der Waals surface area contributed by atoms with E-state index in [0.29, 0.717) is 6.42 Å². The zero-order chi connectivity index (χ0) is 10.7. The first-order valence-electron chi connectivity index (χ1n) is 5.64. The van der Waals surface area contributed by atoms with Crippen LogP contribution in [-0.4, -0.2) is 18.3 Å². The van der Waals surface area contributed by atoms with E-state index in [0.717, 1.165) is 19.4 Å². The molecule has 1 aliphatic heterocycles. The first-order chi connectivity index (χ1) is 7.21. The Morgan fingerprint density at radius 2 is 2.06 bits per heavy atom. The molecule has 1 aromatic rings. The summed E-state index contributed by atoms with van der Waals surface area (Å²) in [7, 11) is 0. The third-order valence-corrected chi connectivity index (χ3v) is 3.27. The second-order valence-corrected chi connectivity index (χ2v) is 4.62. The van der Waals surface area contributed by atoms with E-state index in [1.165, 1.54) is 5.56 Å². The Morgan fingerprint density at radius 3 is 2.69 bits per heavy atom. The Bertz CT molecular complexity index is 317. The van der Waals surface area contributed by atoms with Crippen molar-refractivity contribution in [3.8, 4) is 0 Å². The van der Waals surface area contributed by atoms with Gasteiger partial charge in [-0.2, -0.15) is 0 Å². The number of hydrogen-bond donors (Lipinski definition) is 1. The SMILES string of the molecule is CC1(Cc2ccccc2)NCCCC1F.Cl. The van der Waals surface area contributed by atoms with E-state index < -0.39 is 6.17 Å². The van der Waals surface area contributed by atoms with Gasteiger partial charge in [0, 0.05) is 0 Å². The molecule has 2 unspecified atom stereocenters. The molecule has 0 bridgehead atoms. The highest BCUT2D eigenvalue weighted by Crippen LogP contribution is 2.26. The van der Waals surface area contributed by atoms with Gasteiger partial charge < -0.3 is 5.32 Å². The smallest absolute Gasteiger partial charge is 0.118 e. The Morgan fingerprint density at radius 1 is 1.38 bits per heavy atom. The van der Waals surface area contributed by atoms with Gasteiger partial charge in [0.2, 0.25) is 0 Å². The fourth-order valence-corrected chi connectivity index (χ4v) is 2.28. The molecule has 3 heteroatoms. The number of halogens is 2. The van der Waals surface area contributed by atoms with E-state index in [1.54, 1.807) is 0 Å². The lowest BCUT2D eigenvalue weighted by Gasteiger charge is -2.38. The maximum Gasteiger partial charge on any atom is 0.118 e. The van der Waals surface area contributed by atoms with Crippen LogP contribution in [-0.2, 0) is 6.42 Å². The van der Waals surface area contributed by atoms with Crippen LogP contribution in [0.4, 0.5) is 4.39 Å². The van der Waals surface area contributed by atoms with Gasteiger partial charge >= 0.3 is 0 Å². The van der Waals surface area contributed by atoms with Crippen LogP contribution in [0.1, 0.15) is 25.3 Å². The molecule has 1 N–H and O–H groups in total. The third kappa shape index (κ3) is 2.96. The van der Waals surface area contributed by atoms with Crippen molar-refractivity contribution in [2.45, 2.75) is 37.9 Å². The monoisotopic (exact) mass is 243 g/mol. The van der Waals surface area contributed by atoms with Crippen molar-refractivity contribution in [3.63, 3.8) is 0 Å². The van der Waals surface area contributed by atoms with Crippen molar-refractivity contribution in [1.82, 2.24) is 5.32 Å². The summed E-state index contributed by atoms with van der Waals surface area (Å²) in [6.45, 7) is 2.92. The van der Waals surface area contributed by atoms with Crippen LogP contribution in [0.3, 0.4) is 0 Å². The third-order valence-electron chi connectivity index (χ3n) is 3.27. The largest absolute Gasteiger partial charge is 0.309 e. The van der Waals surface area contributed by atoms with Gasteiger partial charge in [0.1, 0.15) is 6.17 Å². The van der Waals surface area contributed by atoms with E-state index in [-0.39, 0.29) is 17.9 Å². The van der Waals surface area contributed by atoms with Crippen LogP contribution >= 0.6 is 12.4 Å². The molecule has 0 saturated carbocycles. The van der Waals surface area contributed by atoms with Crippen LogP contribution in [0, 0.1) is 0 Å². The molecule has 1 aliphatic rings. The molecular weight excluding hydrogens is 225 g/mol. The lowest BCUT2D eigenvalue weighted by molar-refractivity contribution is 0.121. The van der Waals surface area contributed by atoms with Crippen LogP contribution in [0.2, 0.25) is 0 Å². The molecular formula is C13H19ClFN. The van der Waals surface area contributed by atoms with Crippen molar-refractivity contribution >= 4 is 12.4 Å². The maximum absolute atomic E-state index is 13.9. The molecule has 1 heterocycles. The zero-order valence-corrected chi connectivity index (χ0v) is 10.4. The lowest BCUT2D eigenvalue weighted by atomic mass is 9.83. The molecule has 0 amide bonds. The van der Waals surface area contributed by atoms with E-state index in [9.17, 15) is 4.39 Å². The highest BCUT2D eigenvalue weighted by molar-refractivity contribution is 5.85. The Balaban J connectivity index is 0.00000128. The fraction of sp³-hybridized carbons (Fsp3) is 0.538. The predicted molar refractivity (Wildman–Crippen MR) is 67.9 cm³/mol. The van der Waals surface area contributed by atoms with Gasteiger partial charge in [-0.05, 0) is 38.3 Å². The van der Waals surface area contributed by atoms with Gasteiger partial charge in [0.15, 0.2) is 0 Å². The van der Waals surface area contributed by atoms with Gasteiger partial charge in [-0.25, -0.2) is 4.39 Å². The van der Waals surface area contributed by atoms with E-state index in [2.05, 4.69) is 17.4 Å². The van der Waals surface area contributed by atoms with Crippen molar-refractivity contribution in [3.05, 3.63) is 35.9 Å². The average molecular weight is 244 g/mol. The van der Waals surface area contributed by atoms with Crippen molar-refractivity contribution in [2.75, 3.05) is 6.54 Å². The minimum absolute atomic E-state index is 0. The number of alkyl halides is 1. The summed E-state index contributed by atoms with van der Waals surface area (Å²) in [5.74, 6) is 0. The lowest BCUT2D eigenvalue weighted by Crippen LogP contribution is -2.55. The highest BCUT2D eigenvalue weighted by Gasteiger charge is 2.36. The van der Waals surface area contributed by atoms with Crippen molar-refractivity contribution in [1.29, 1.82) is 0 Å². The zero-order valence-electron chi connectivity index (χ0n) is 9.58. The molecule has 0 aromatic heterocycles. The molecule has 1 nitrogen and oxygen atoms in total. The maximum atomic E-state index is 13.9. The average Bonchev–Trinajstić information content (AvgIpc) is 2.24. The minimum Gasteiger partial charge on any atom is -0.309 e. The Kier molecular flexibility index (Phi) is 4.75. The molecule has 1 aromatic carbocycles. The fourth-order valence-electron chi connectivity index (χ4n) is 2.28. The van der Waals surface area contributed by atoms with E-state index in [1.807, 2.05) is 25.1 Å². The number of benzene rings is 1. The highest BCUT2D eigenvalue weighted by atomic mass is 35.5. The topological polar surface area (TPSA) is 12.0 Å². The van der Waals surface area contributed by atoms with Gasteiger partial charge in [0.25, 0.3) is 0 Å². The van der Waals surface area contributed by atoms with Crippen molar-refractivity contribution in [2.24, 2.45) is 0 Å². The summed E-state index contributed by atoms with van der Waals surface area (Å²) < 4.78 is 13.9. The van der Waals surface area contributed by atoms with Crippen LogP contribution in [0.15, 0.2) is 30.3 Å². The Labute approximate surface area is 103 Å². The quantitative estimate of drug-likeness (QED) is 0.842.